The van der Waals surface area contributed by atoms with Crippen molar-refractivity contribution in [3.05, 3.63) is 29.3 Å². The third-order valence-corrected chi connectivity index (χ3v) is 3.57. The average molecular weight is 229 g/mol. The van der Waals surface area contributed by atoms with Crippen molar-refractivity contribution in [2.45, 2.75) is 26.2 Å². The Morgan fingerprint density at radius 3 is 2.71 bits per heavy atom. The number of ketones is 1. The number of amides is 1. The molecule has 1 aliphatic carbocycles. The quantitative estimate of drug-likeness (QED) is 0.729. The summed E-state index contributed by atoms with van der Waals surface area (Å²) < 4.78 is 0. The van der Waals surface area contributed by atoms with Crippen LogP contribution < -0.4 is 4.90 Å². The minimum Gasteiger partial charge on any atom is -0.312 e. The molecule has 0 saturated heterocycles. The Balaban J connectivity index is 1.92. The molecule has 1 amide bonds. The minimum absolute atomic E-state index is 0.0831. The highest BCUT2D eigenvalue weighted by Crippen LogP contribution is 2.36. The molecule has 1 aromatic carbocycles. The van der Waals surface area contributed by atoms with Crippen molar-refractivity contribution in [3.63, 3.8) is 0 Å². The molecule has 1 aromatic rings. The number of carbonyl (C=O) groups is 2. The Morgan fingerprint density at radius 2 is 2.06 bits per heavy atom. The maximum absolute atomic E-state index is 12.0. The summed E-state index contributed by atoms with van der Waals surface area (Å²) in [6.45, 7) is 2.34. The fourth-order valence-electron chi connectivity index (χ4n) is 2.40. The molecule has 3 rings (SSSR count). The van der Waals surface area contributed by atoms with E-state index in [1.807, 2.05) is 23.1 Å². The number of carbonyl (C=O) groups excluding carboxylic acids is 2. The Kier molecular flexibility index (Phi) is 2.28. The summed E-state index contributed by atoms with van der Waals surface area (Å²) in [7, 11) is 0. The first-order valence-electron chi connectivity index (χ1n) is 6.12. The summed E-state index contributed by atoms with van der Waals surface area (Å²) in [4.78, 5) is 25.2. The number of Topliss-reactive ketones (excluding diaryl/α,β-unsaturated/α-hetero) is 1. The predicted molar refractivity (Wildman–Crippen MR) is 65.2 cm³/mol. The van der Waals surface area contributed by atoms with Gasteiger partial charge < -0.3 is 4.90 Å². The summed E-state index contributed by atoms with van der Waals surface area (Å²) in [5.41, 5.74) is 2.88. The van der Waals surface area contributed by atoms with E-state index in [1.54, 1.807) is 6.92 Å². The first-order chi connectivity index (χ1) is 8.16. The van der Waals surface area contributed by atoms with Crippen molar-refractivity contribution >= 4 is 17.4 Å². The largest absolute Gasteiger partial charge is 0.312 e. The Morgan fingerprint density at radius 1 is 1.29 bits per heavy atom. The zero-order valence-electron chi connectivity index (χ0n) is 9.90. The van der Waals surface area contributed by atoms with E-state index >= 15 is 0 Å². The fourth-order valence-corrected chi connectivity index (χ4v) is 2.40. The van der Waals surface area contributed by atoms with Gasteiger partial charge in [-0.2, -0.15) is 0 Å². The molecular formula is C14H15NO2. The molecule has 0 atom stereocenters. The van der Waals surface area contributed by atoms with Crippen LogP contribution in [-0.2, 0) is 11.2 Å². The first kappa shape index (κ1) is 10.5. The second-order valence-corrected chi connectivity index (χ2v) is 4.91. The van der Waals surface area contributed by atoms with Crippen molar-refractivity contribution in [3.8, 4) is 0 Å². The van der Waals surface area contributed by atoms with Crippen LogP contribution in [0.5, 0.6) is 0 Å². The number of rotatable bonds is 2. The number of hydrogen-bond donors (Lipinski definition) is 0. The predicted octanol–water partition coefficient (Wildman–Crippen LogP) is 2.19. The lowest BCUT2D eigenvalue weighted by Gasteiger charge is -2.17. The van der Waals surface area contributed by atoms with Crippen LogP contribution in [0.1, 0.15) is 35.7 Å². The number of benzene rings is 1. The SMILES string of the molecule is CC(=O)c1ccc2c(c1)CCN2C(=O)C1CC1. The van der Waals surface area contributed by atoms with Gasteiger partial charge in [0.15, 0.2) is 5.78 Å². The van der Waals surface area contributed by atoms with E-state index in [2.05, 4.69) is 0 Å². The van der Waals surface area contributed by atoms with Crippen molar-refractivity contribution in [1.82, 2.24) is 0 Å². The zero-order valence-corrected chi connectivity index (χ0v) is 9.90. The minimum atomic E-state index is 0.0831. The highest BCUT2D eigenvalue weighted by atomic mass is 16.2. The normalized spacial score (nSPS) is 18.1. The Labute approximate surface area is 100 Å². The number of nitrogens with zero attached hydrogens (tertiary/aromatic N) is 1. The van der Waals surface area contributed by atoms with Crippen LogP contribution in [0.4, 0.5) is 5.69 Å². The molecule has 88 valence electrons. The fraction of sp³-hybridized carbons (Fsp3) is 0.429. The summed E-state index contributed by atoms with van der Waals surface area (Å²) in [6.07, 6.45) is 2.95. The van der Waals surface area contributed by atoms with Gasteiger partial charge in [0, 0.05) is 23.7 Å². The molecule has 2 aliphatic rings. The highest BCUT2D eigenvalue weighted by molar-refractivity contribution is 6.00. The smallest absolute Gasteiger partial charge is 0.230 e. The van der Waals surface area contributed by atoms with Gasteiger partial charge in [-0.25, -0.2) is 0 Å². The second kappa shape index (κ2) is 3.69. The summed E-state index contributed by atoms with van der Waals surface area (Å²) in [5.74, 6) is 0.604. The van der Waals surface area contributed by atoms with Gasteiger partial charge >= 0.3 is 0 Å². The van der Waals surface area contributed by atoms with Gasteiger partial charge in [-0.3, -0.25) is 9.59 Å². The van der Waals surface area contributed by atoms with Crippen molar-refractivity contribution in [1.29, 1.82) is 0 Å². The number of fused-ring (bicyclic) bond motifs is 1. The zero-order chi connectivity index (χ0) is 12.0. The third-order valence-electron chi connectivity index (χ3n) is 3.57. The van der Waals surface area contributed by atoms with Crippen LogP contribution in [0.2, 0.25) is 0 Å². The van der Waals surface area contributed by atoms with Crippen LogP contribution in [0, 0.1) is 5.92 Å². The molecular weight excluding hydrogens is 214 g/mol. The van der Waals surface area contributed by atoms with Crippen molar-refractivity contribution in [2.24, 2.45) is 5.92 Å². The molecule has 17 heavy (non-hydrogen) atoms. The molecule has 0 radical (unpaired) electrons. The maximum atomic E-state index is 12.0. The second-order valence-electron chi connectivity index (χ2n) is 4.91. The Hall–Kier alpha value is -1.64. The molecule has 0 N–H and O–H groups in total. The van der Waals surface area contributed by atoms with Gasteiger partial charge in [0.1, 0.15) is 0 Å². The van der Waals surface area contributed by atoms with Crippen molar-refractivity contribution in [2.75, 3.05) is 11.4 Å². The van der Waals surface area contributed by atoms with Gasteiger partial charge in [0.2, 0.25) is 5.91 Å². The van der Waals surface area contributed by atoms with E-state index in [9.17, 15) is 9.59 Å². The number of hydrogen-bond acceptors (Lipinski definition) is 2. The third kappa shape index (κ3) is 1.75. The maximum Gasteiger partial charge on any atom is 0.230 e. The standard InChI is InChI=1S/C14H15NO2/c1-9(16)11-4-5-13-12(8-11)6-7-15(13)14(17)10-2-3-10/h4-5,8,10H,2-3,6-7H2,1H3. The van der Waals surface area contributed by atoms with Crippen LogP contribution in [0.25, 0.3) is 0 Å². The topological polar surface area (TPSA) is 37.4 Å². The summed E-state index contributed by atoms with van der Waals surface area (Å²) in [6, 6.07) is 5.66. The van der Waals surface area contributed by atoms with Crippen molar-refractivity contribution < 1.29 is 9.59 Å². The molecule has 0 bridgehead atoms. The van der Waals surface area contributed by atoms with E-state index in [0.717, 1.165) is 42.6 Å². The first-order valence-corrected chi connectivity index (χ1v) is 6.12. The lowest BCUT2D eigenvalue weighted by Crippen LogP contribution is -2.30. The van der Waals surface area contributed by atoms with E-state index in [-0.39, 0.29) is 17.6 Å². The lowest BCUT2D eigenvalue weighted by atomic mass is 10.1. The summed E-state index contributed by atoms with van der Waals surface area (Å²) >= 11 is 0. The summed E-state index contributed by atoms with van der Waals surface area (Å²) in [5, 5.41) is 0. The number of anilines is 1. The molecule has 0 unspecified atom stereocenters. The molecule has 1 aliphatic heterocycles. The van der Waals surface area contributed by atoms with E-state index in [1.165, 1.54) is 0 Å². The van der Waals surface area contributed by atoms with E-state index in [4.69, 9.17) is 0 Å². The van der Waals surface area contributed by atoms with E-state index in [0.29, 0.717) is 0 Å². The highest BCUT2D eigenvalue weighted by Gasteiger charge is 2.36. The monoisotopic (exact) mass is 229 g/mol. The van der Waals surface area contributed by atoms with Gasteiger partial charge in [0.25, 0.3) is 0 Å². The molecule has 1 fully saturated rings. The van der Waals surface area contributed by atoms with Crippen LogP contribution >= 0.6 is 0 Å². The van der Waals surface area contributed by atoms with Gasteiger partial charge in [-0.1, -0.05) is 0 Å². The van der Waals surface area contributed by atoms with Crippen LogP contribution in [-0.4, -0.2) is 18.2 Å². The molecule has 3 heteroatoms. The van der Waals surface area contributed by atoms with Gasteiger partial charge in [-0.05, 0) is 49.9 Å². The Bertz CT molecular complexity index is 503. The lowest BCUT2D eigenvalue weighted by molar-refractivity contribution is -0.119. The average Bonchev–Trinajstić information content (AvgIpc) is 3.07. The molecule has 0 spiro atoms. The van der Waals surface area contributed by atoms with Gasteiger partial charge in [0.05, 0.1) is 0 Å². The van der Waals surface area contributed by atoms with Gasteiger partial charge in [-0.15, -0.1) is 0 Å². The molecule has 1 saturated carbocycles. The molecule has 3 nitrogen and oxygen atoms in total. The molecule has 1 heterocycles. The van der Waals surface area contributed by atoms with E-state index < -0.39 is 0 Å². The molecule has 0 aromatic heterocycles. The van der Waals surface area contributed by atoms with Crippen LogP contribution in [0.3, 0.4) is 0 Å². The van der Waals surface area contributed by atoms with Crippen LogP contribution in [0.15, 0.2) is 18.2 Å².